The molecule has 0 fully saturated rings. The van der Waals surface area contributed by atoms with Gasteiger partial charge in [-0.25, -0.2) is 0 Å². The molecular formula is C25H24N2O5. The van der Waals surface area contributed by atoms with Crippen LogP contribution in [0.2, 0.25) is 0 Å². The number of carbonyl (C=O) groups is 1. The monoisotopic (exact) mass is 432 g/mol. The molecule has 0 unspecified atom stereocenters. The molecule has 2 heterocycles. The van der Waals surface area contributed by atoms with Crippen molar-refractivity contribution in [3.05, 3.63) is 66.1 Å². The fraction of sp³-hybridized carbons (Fsp3) is 0.200. The number of furan rings is 1. The van der Waals surface area contributed by atoms with Gasteiger partial charge < -0.3 is 23.7 Å². The summed E-state index contributed by atoms with van der Waals surface area (Å²) in [5.74, 6) is 1.52. The number of hydrogen-bond donors (Lipinski definition) is 1. The highest BCUT2D eigenvalue weighted by molar-refractivity contribution is 6.05. The second kappa shape index (κ2) is 9.01. The Labute approximate surface area is 185 Å². The van der Waals surface area contributed by atoms with Gasteiger partial charge in [0.2, 0.25) is 5.91 Å². The molecule has 2 aromatic heterocycles. The van der Waals surface area contributed by atoms with E-state index in [1.807, 2.05) is 51.1 Å². The minimum atomic E-state index is -0.310. The lowest BCUT2D eigenvalue weighted by molar-refractivity contribution is -0.111. The van der Waals surface area contributed by atoms with E-state index in [0.29, 0.717) is 18.2 Å². The lowest BCUT2D eigenvalue weighted by Gasteiger charge is -2.13. The first-order chi connectivity index (χ1) is 15.5. The Morgan fingerprint density at radius 3 is 2.66 bits per heavy atom. The molecule has 7 nitrogen and oxygen atoms in total. The molecule has 0 bridgehead atoms. The van der Waals surface area contributed by atoms with Crippen molar-refractivity contribution in [3.8, 4) is 22.6 Å². The summed E-state index contributed by atoms with van der Waals surface area (Å²) in [6.45, 7) is 6.38. The molecule has 2 aromatic carbocycles. The van der Waals surface area contributed by atoms with Crippen LogP contribution >= 0.6 is 0 Å². The lowest BCUT2D eigenvalue weighted by Crippen LogP contribution is -2.09. The highest BCUT2D eigenvalue weighted by Crippen LogP contribution is 2.40. The number of nitrogens with one attached hydrogen (secondary N) is 1. The summed E-state index contributed by atoms with van der Waals surface area (Å²) in [6, 6.07) is 11.5. The third-order valence-corrected chi connectivity index (χ3v) is 5.19. The molecule has 0 spiro atoms. The normalized spacial score (nSPS) is 11.6. The van der Waals surface area contributed by atoms with Crippen molar-refractivity contribution in [2.45, 2.75) is 20.8 Å². The van der Waals surface area contributed by atoms with Crippen LogP contribution in [-0.2, 0) is 4.79 Å². The number of rotatable bonds is 7. The van der Waals surface area contributed by atoms with Crippen molar-refractivity contribution in [2.24, 2.45) is 0 Å². The van der Waals surface area contributed by atoms with Gasteiger partial charge in [0.15, 0.2) is 5.82 Å². The minimum absolute atomic E-state index is 0.310. The molecule has 0 aliphatic rings. The Balaban J connectivity index is 1.76. The van der Waals surface area contributed by atoms with Gasteiger partial charge >= 0.3 is 0 Å². The first-order valence-corrected chi connectivity index (χ1v) is 10.2. The van der Waals surface area contributed by atoms with Crippen molar-refractivity contribution in [2.75, 3.05) is 19.0 Å². The molecule has 4 aromatic rings. The second-order valence-corrected chi connectivity index (χ2v) is 7.27. The molecular weight excluding hydrogens is 408 g/mol. The third-order valence-electron chi connectivity index (χ3n) is 5.19. The summed E-state index contributed by atoms with van der Waals surface area (Å²) in [6.07, 6.45) is 4.65. The summed E-state index contributed by atoms with van der Waals surface area (Å²) >= 11 is 0. The summed E-state index contributed by atoms with van der Waals surface area (Å²) in [5.41, 5.74) is 5.12. The van der Waals surface area contributed by atoms with Gasteiger partial charge in [-0.05, 0) is 50.1 Å². The number of anilines is 1. The van der Waals surface area contributed by atoms with Gasteiger partial charge in [-0.2, -0.15) is 0 Å². The van der Waals surface area contributed by atoms with Crippen LogP contribution in [0, 0.1) is 6.92 Å². The van der Waals surface area contributed by atoms with E-state index in [1.165, 1.54) is 12.3 Å². The second-order valence-electron chi connectivity index (χ2n) is 7.27. The van der Waals surface area contributed by atoms with E-state index in [9.17, 15) is 4.79 Å². The quantitative estimate of drug-likeness (QED) is 0.369. The topological polar surface area (TPSA) is 86.7 Å². The zero-order chi connectivity index (χ0) is 22.7. The number of nitrogens with zero attached hydrogens (tertiary/aromatic N) is 1. The van der Waals surface area contributed by atoms with Crippen LogP contribution in [0.5, 0.6) is 11.5 Å². The average Bonchev–Trinajstić information content (AvgIpc) is 3.44. The van der Waals surface area contributed by atoms with E-state index in [0.717, 1.165) is 44.5 Å². The van der Waals surface area contributed by atoms with Crippen molar-refractivity contribution >= 4 is 28.3 Å². The van der Waals surface area contributed by atoms with Crippen LogP contribution in [0.1, 0.15) is 25.0 Å². The van der Waals surface area contributed by atoms with Gasteiger partial charge in [-0.15, -0.1) is 0 Å². The minimum Gasteiger partial charge on any atom is -0.496 e. The number of fused-ring (bicyclic) bond motifs is 1. The molecule has 1 N–H and O–H groups in total. The smallest absolute Gasteiger partial charge is 0.249 e. The maximum Gasteiger partial charge on any atom is 0.249 e. The lowest BCUT2D eigenvalue weighted by atomic mass is 9.96. The van der Waals surface area contributed by atoms with Crippen LogP contribution in [0.15, 0.2) is 63.9 Å². The number of amides is 1. The number of ether oxygens (including phenoxy) is 2. The zero-order valence-corrected chi connectivity index (χ0v) is 18.4. The Bertz CT molecular complexity index is 1270. The Morgan fingerprint density at radius 1 is 1.22 bits per heavy atom. The van der Waals surface area contributed by atoms with Crippen LogP contribution < -0.4 is 14.8 Å². The number of aryl methyl sites for hydroxylation is 1. The van der Waals surface area contributed by atoms with E-state index in [1.54, 1.807) is 19.4 Å². The fourth-order valence-corrected chi connectivity index (χ4v) is 3.71. The van der Waals surface area contributed by atoms with Gasteiger partial charge in [0, 0.05) is 34.2 Å². The van der Waals surface area contributed by atoms with Crippen molar-refractivity contribution in [1.29, 1.82) is 0 Å². The summed E-state index contributed by atoms with van der Waals surface area (Å²) in [7, 11) is 1.61. The average molecular weight is 432 g/mol. The number of benzene rings is 2. The molecule has 0 saturated carbocycles. The predicted molar refractivity (Wildman–Crippen MR) is 123 cm³/mol. The number of carbonyl (C=O) groups excluding carboxylic acids is 1. The Hall–Kier alpha value is -4.00. The highest BCUT2D eigenvalue weighted by Gasteiger charge is 2.19. The molecule has 0 aliphatic carbocycles. The Kier molecular flexibility index (Phi) is 5.98. The van der Waals surface area contributed by atoms with Gasteiger partial charge in [-0.3, -0.25) is 4.79 Å². The highest BCUT2D eigenvalue weighted by atomic mass is 16.5. The number of hydrogen-bond acceptors (Lipinski definition) is 6. The standard InChI is InChI=1S/C25H24N2O5/c1-5-30-18-8-6-17(7-9-18)21-14-31-25-16(3)24(29-4)19(13-20(21)25)15(2)12-23(28)26-22-10-11-32-27-22/h6-14H,5H2,1-4H3,(H,26,27,28)/b15-12+. The van der Waals surface area contributed by atoms with E-state index >= 15 is 0 Å². The summed E-state index contributed by atoms with van der Waals surface area (Å²) < 4.78 is 21.9. The van der Waals surface area contributed by atoms with Gasteiger partial charge in [0.1, 0.15) is 23.3 Å². The fourth-order valence-electron chi connectivity index (χ4n) is 3.71. The third kappa shape index (κ3) is 4.09. The largest absolute Gasteiger partial charge is 0.496 e. The molecule has 0 saturated heterocycles. The van der Waals surface area contributed by atoms with Crippen LogP contribution in [0.25, 0.3) is 27.7 Å². The molecule has 0 radical (unpaired) electrons. The molecule has 32 heavy (non-hydrogen) atoms. The molecule has 4 rings (SSSR count). The van der Waals surface area contributed by atoms with Gasteiger partial charge in [-0.1, -0.05) is 17.3 Å². The van der Waals surface area contributed by atoms with E-state index in [-0.39, 0.29) is 5.91 Å². The molecule has 164 valence electrons. The SMILES string of the molecule is CCOc1ccc(-c2coc3c(C)c(OC)c(/C(C)=C/C(=O)Nc4ccon4)cc23)cc1. The van der Waals surface area contributed by atoms with Crippen LogP contribution in [-0.4, -0.2) is 24.8 Å². The first kappa shape index (κ1) is 21.2. The summed E-state index contributed by atoms with van der Waals surface area (Å²) in [5, 5.41) is 7.30. The van der Waals surface area contributed by atoms with E-state index in [2.05, 4.69) is 10.5 Å². The molecule has 0 atom stereocenters. The summed E-state index contributed by atoms with van der Waals surface area (Å²) in [4.78, 5) is 12.4. The zero-order valence-electron chi connectivity index (χ0n) is 18.4. The van der Waals surface area contributed by atoms with Crippen molar-refractivity contribution in [3.63, 3.8) is 0 Å². The Morgan fingerprint density at radius 2 is 2.00 bits per heavy atom. The van der Waals surface area contributed by atoms with Crippen molar-refractivity contribution < 1.29 is 23.2 Å². The van der Waals surface area contributed by atoms with E-state index < -0.39 is 0 Å². The predicted octanol–water partition coefficient (Wildman–Crippen LogP) is 5.85. The van der Waals surface area contributed by atoms with Crippen molar-refractivity contribution in [1.82, 2.24) is 5.16 Å². The van der Waals surface area contributed by atoms with Crippen LogP contribution in [0.3, 0.4) is 0 Å². The number of aromatic nitrogens is 1. The number of allylic oxidation sites excluding steroid dienone is 1. The maximum absolute atomic E-state index is 12.4. The maximum atomic E-state index is 12.4. The van der Waals surface area contributed by atoms with Gasteiger partial charge in [0.25, 0.3) is 0 Å². The van der Waals surface area contributed by atoms with Crippen LogP contribution in [0.4, 0.5) is 5.82 Å². The van der Waals surface area contributed by atoms with E-state index in [4.69, 9.17) is 18.4 Å². The first-order valence-electron chi connectivity index (χ1n) is 10.2. The number of methoxy groups -OCH3 is 1. The molecule has 7 heteroatoms. The molecule has 1 amide bonds. The van der Waals surface area contributed by atoms with Gasteiger partial charge in [0.05, 0.1) is 20.0 Å². The molecule has 0 aliphatic heterocycles.